The summed E-state index contributed by atoms with van der Waals surface area (Å²) in [7, 11) is -1.89. The molecule has 0 fully saturated rings. The molecule has 10 heteroatoms. The molecule has 3 rings (SSSR count). The number of esters is 1. The molecule has 0 amide bonds. The first-order chi connectivity index (χ1) is 13.9. The van der Waals surface area contributed by atoms with Gasteiger partial charge in [-0.1, -0.05) is 11.6 Å². The molecular formula is C19H16ClN3O5S. The van der Waals surface area contributed by atoms with Crippen LogP contribution in [0.2, 0.25) is 5.02 Å². The van der Waals surface area contributed by atoms with Crippen LogP contribution >= 0.6 is 11.6 Å². The fourth-order valence-corrected chi connectivity index (χ4v) is 3.52. The van der Waals surface area contributed by atoms with Crippen LogP contribution in [0.1, 0.15) is 15.9 Å². The first-order valence-electron chi connectivity index (χ1n) is 8.33. The summed E-state index contributed by atoms with van der Waals surface area (Å²) in [5, 5.41) is 4.77. The Kier molecular flexibility index (Phi) is 6.30. The molecule has 3 aromatic rings. The number of nitrogens with zero attached hydrogens (tertiary/aromatic N) is 3. The lowest BCUT2D eigenvalue weighted by molar-refractivity contribution is -0.139. The molecule has 0 aliphatic rings. The molecule has 0 saturated carbocycles. The van der Waals surface area contributed by atoms with Crippen molar-refractivity contribution in [2.24, 2.45) is 0 Å². The van der Waals surface area contributed by atoms with Gasteiger partial charge in [0.1, 0.15) is 6.29 Å². The Morgan fingerprint density at radius 3 is 2.59 bits per heavy atom. The fourth-order valence-electron chi connectivity index (χ4n) is 2.73. The minimum absolute atomic E-state index is 0.196. The van der Waals surface area contributed by atoms with Crippen molar-refractivity contribution in [1.82, 2.24) is 9.78 Å². The van der Waals surface area contributed by atoms with Gasteiger partial charge in [-0.25, -0.2) is 17.4 Å². The minimum Gasteiger partial charge on any atom is -0.469 e. The summed E-state index contributed by atoms with van der Waals surface area (Å²) < 4.78 is 31.4. The van der Waals surface area contributed by atoms with Crippen molar-refractivity contribution < 1.29 is 22.7 Å². The summed E-state index contributed by atoms with van der Waals surface area (Å²) >= 11 is 5.89. The number of aldehydes is 1. The number of anilines is 2. The number of benzene rings is 2. The molecule has 0 aliphatic heterocycles. The van der Waals surface area contributed by atoms with Gasteiger partial charge in [-0.2, -0.15) is 5.10 Å². The number of halogens is 1. The van der Waals surface area contributed by atoms with Crippen molar-refractivity contribution in [3.05, 3.63) is 71.0 Å². The van der Waals surface area contributed by atoms with Gasteiger partial charge in [-0.05, 0) is 48.0 Å². The lowest BCUT2D eigenvalue weighted by atomic mass is 10.1. The van der Waals surface area contributed by atoms with E-state index in [1.54, 1.807) is 24.3 Å². The summed E-state index contributed by atoms with van der Waals surface area (Å²) in [6, 6.07) is 11.2. The molecular weight excluding hydrogens is 418 g/mol. The third-order valence-electron chi connectivity index (χ3n) is 4.10. The zero-order valence-corrected chi connectivity index (χ0v) is 16.8. The lowest BCUT2D eigenvalue weighted by Gasteiger charge is -2.19. The smallest absolute Gasteiger partial charge is 0.310 e. The van der Waals surface area contributed by atoms with Gasteiger partial charge in [-0.15, -0.1) is 0 Å². The minimum atomic E-state index is -3.12. The van der Waals surface area contributed by atoms with E-state index in [2.05, 4.69) is 9.84 Å². The first-order valence-corrected chi connectivity index (χ1v) is 9.83. The second kappa shape index (κ2) is 8.89. The second-order valence-corrected chi connectivity index (χ2v) is 7.24. The van der Waals surface area contributed by atoms with Gasteiger partial charge in [0.15, 0.2) is 0 Å². The molecule has 0 radical (unpaired) electrons. The van der Waals surface area contributed by atoms with E-state index in [9.17, 15) is 18.0 Å². The highest BCUT2D eigenvalue weighted by Crippen LogP contribution is 2.30. The topological polar surface area (TPSA) is 98.6 Å². The van der Waals surface area contributed by atoms with E-state index < -0.39 is 16.9 Å². The molecule has 0 aliphatic carbocycles. The summed E-state index contributed by atoms with van der Waals surface area (Å²) in [5.74, 6) is -0.563. The van der Waals surface area contributed by atoms with Crippen molar-refractivity contribution >= 4 is 46.1 Å². The van der Waals surface area contributed by atoms with Gasteiger partial charge in [-0.3, -0.25) is 9.59 Å². The van der Waals surface area contributed by atoms with Gasteiger partial charge >= 0.3 is 5.97 Å². The average Bonchev–Trinajstić information content (AvgIpc) is 3.19. The van der Waals surface area contributed by atoms with Gasteiger partial charge in [0.05, 0.1) is 43.0 Å². The van der Waals surface area contributed by atoms with E-state index in [0.717, 1.165) is 4.31 Å². The van der Waals surface area contributed by atoms with Crippen LogP contribution in [0.4, 0.5) is 11.4 Å². The molecule has 0 atom stereocenters. The molecule has 29 heavy (non-hydrogen) atoms. The maximum atomic E-state index is 12.1. The normalized spacial score (nSPS) is 10.7. The lowest BCUT2D eigenvalue weighted by Crippen LogP contribution is -2.17. The highest BCUT2D eigenvalue weighted by Gasteiger charge is 2.20. The zero-order valence-electron chi connectivity index (χ0n) is 15.2. The van der Waals surface area contributed by atoms with Crippen molar-refractivity contribution in [2.45, 2.75) is 6.42 Å². The molecule has 0 bridgehead atoms. The fraction of sp³-hybridized carbons (Fsp3) is 0.105. The van der Waals surface area contributed by atoms with Crippen LogP contribution in [0.3, 0.4) is 0 Å². The van der Waals surface area contributed by atoms with E-state index in [1.807, 2.05) is 0 Å². The Hall–Kier alpha value is -3.17. The number of ether oxygens (including phenoxy) is 1. The molecule has 1 heterocycles. The van der Waals surface area contributed by atoms with E-state index in [1.165, 1.54) is 42.4 Å². The molecule has 8 nitrogen and oxygen atoms in total. The maximum absolute atomic E-state index is 12.1. The van der Waals surface area contributed by atoms with Crippen LogP contribution in [-0.2, 0) is 26.8 Å². The monoisotopic (exact) mass is 433 g/mol. The Balaban J connectivity index is 2.06. The number of hydrogen-bond acceptors (Lipinski definition) is 6. The van der Waals surface area contributed by atoms with Gasteiger partial charge in [0, 0.05) is 10.6 Å². The third kappa shape index (κ3) is 4.64. The predicted molar refractivity (Wildman–Crippen MR) is 109 cm³/mol. The largest absolute Gasteiger partial charge is 0.469 e. The van der Waals surface area contributed by atoms with Crippen LogP contribution in [-0.4, -0.2) is 37.6 Å². The van der Waals surface area contributed by atoms with Gasteiger partial charge < -0.3 is 4.74 Å². The van der Waals surface area contributed by atoms with Crippen molar-refractivity contribution in [2.75, 3.05) is 11.4 Å². The van der Waals surface area contributed by atoms with E-state index >= 15 is 0 Å². The van der Waals surface area contributed by atoms with Crippen molar-refractivity contribution in [3.63, 3.8) is 0 Å². The Morgan fingerprint density at radius 2 is 1.97 bits per heavy atom. The first kappa shape index (κ1) is 20.6. The Morgan fingerprint density at radius 1 is 1.24 bits per heavy atom. The van der Waals surface area contributed by atoms with Crippen LogP contribution < -0.4 is 4.31 Å². The molecule has 0 unspecified atom stereocenters. The molecule has 0 saturated heterocycles. The number of aromatic nitrogens is 2. The van der Waals surface area contributed by atoms with Crippen LogP contribution in [0.5, 0.6) is 0 Å². The van der Waals surface area contributed by atoms with E-state index in [4.69, 9.17) is 11.6 Å². The third-order valence-corrected chi connectivity index (χ3v) is 5.12. The SMILES string of the molecule is COC(=O)Cc1cc(C=O)ccc1N(c1cnn(-c2ccc(Cl)cc2)c1)[SH](=O)=O. The maximum Gasteiger partial charge on any atom is 0.310 e. The second-order valence-electron chi connectivity index (χ2n) is 5.93. The average molecular weight is 434 g/mol. The zero-order chi connectivity index (χ0) is 21.0. The van der Waals surface area contributed by atoms with Crippen LogP contribution in [0.25, 0.3) is 5.69 Å². The van der Waals surface area contributed by atoms with Gasteiger partial charge in [0.25, 0.3) is 0 Å². The standard InChI is InChI=1S/C19H16ClN3O5S/c1-28-19(25)9-14-8-13(12-24)2-7-18(14)23(29(26)27)17-10-21-22(11-17)16-5-3-15(20)4-6-16/h2-8,10-12,29H,9H2,1H3. The number of rotatable bonds is 7. The molecule has 0 spiro atoms. The molecule has 150 valence electrons. The molecule has 0 N–H and O–H groups in total. The van der Waals surface area contributed by atoms with Crippen molar-refractivity contribution in [1.29, 1.82) is 0 Å². The number of methoxy groups -OCH3 is 1. The van der Waals surface area contributed by atoms with Crippen LogP contribution in [0, 0.1) is 0 Å². The molecule has 1 aromatic heterocycles. The predicted octanol–water partition coefficient (Wildman–Crippen LogP) is 2.72. The number of carbonyl (C=O) groups excluding carboxylic acids is 2. The van der Waals surface area contributed by atoms with E-state index in [0.29, 0.717) is 28.1 Å². The Labute approximate surface area is 173 Å². The highest BCUT2D eigenvalue weighted by molar-refractivity contribution is 7.74. The van der Waals surface area contributed by atoms with Crippen molar-refractivity contribution in [3.8, 4) is 5.69 Å². The molecule has 2 aromatic carbocycles. The van der Waals surface area contributed by atoms with Gasteiger partial charge in [0.2, 0.25) is 10.9 Å². The summed E-state index contributed by atoms with van der Waals surface area (Å²) in [4.78, 5) is 22.9. The number of hydrogen-bond donors (Lipinski definition) is 1. The summed E-state index contributed by atoms with van der Waals surface area (Å²) in [6.07, 6.45) is 3.34. The number of carbonyl (C=O) groups is 2. The quantitative estimate of drug-likeness (QED) is 0.349. The number of thiol groups is 1. The summed E-state index contributed by atoms with van der Waals surface area (Å²) in [6.45, 7) is 0. The van der Waals surface area contributed by atoms with E-state index in [-0.39, 0.29) is 17.8 Å². The highest BCUT2D eigenvalue weighted by atomic mass is 35.5. The Bertz CT molecular complexity index is 1120. The van der Waals surface area contributed by atoms with Crippen LogP contribution in [0.15, 0.2) is 54.9 Å². The summed E-state index contributed by atoms with van der Waals surface area (Å²) in [5.41, 5.74) is 1.83.